The normalized spacial score (nSPS) is 10.9. The van der Waals surface area contributed by atoms with Crippen LogP contribution in [0, 0.1) is 0 Å². The summed E-state index contributed by atoms with van der Waals surface area (Å²) in [6.45, 7) is 4.75. The maximum absolute atomic E-state index is 12.4. The molecule has 0 aliphatic rings. The summed E-state index contributed by atoms with van der Waals surface area (Å²) < 4.78 is 0. The Hall–Kier alpha value is -0.440. The molecule has 0 aromatic heterocycles. The molecule has 1 rings (SSSR count). The van der Waals surface area contributed by atoms with Crippen LogP contribution in [-0.2, 0) is 11.2 Å². The first-order valence-electron chi connectivity index (χ1n) is 6.82. The summed E-state index contributed by atoms with van der Waals surface area (Å²) in [6.07, 6.45) is 2.19. The Kier molecular flexibility index (Phi) is 7.71. The Balaban J connectivity index is 2.81. The van der Waals surface area contributed by atoms with Gasteiger partial charge in [-0.15, -0.1) is 11.6 Å². The van der Waals surface area contributed by atoms with Gasteiger partial charge in [0.2, 0.25) is 5.91 Å². The Morgan fingerprint density at radius 1 is 1.20 bits per heavy atom. The Morgan fingerprint density at radius 3 is 2.35 bits per heavy atom. The maximum atomic E-state index is 12.4. The van der Waals surface area contributed by atoms with Crippen molar-refractivity contribution in [2.24, 2.45) is 0 Å². The highest BCUT2D eigenvalue weighted by molar-refractivity contribution is 6.42. The summed E-state index contributed by atoms with van der Waals surface area (Å²) in [6, 6.07) is 5.53. The van der Waals surface area contributed by atoms with Gasteiger partial charge in [-0.3, -0.25) is 4.79 Å². The number of rotatable bonds is 7. The average Bonchev–Trinajstić information content (AvgIpc) is 2.43. The average molecular weight is 337 g/mol. The lowest BCUT2D eigenvalue weighted by Crippen LogP contribution is -2.41. The third-order valence-corrected chi connectivity index (χ3v) is 4.28. The van der Waals surface area contributed by atoms with Crippen molar-refractivity contribution in [2.75, 3.05) is 12.4 Å². The predicted octanol–water partition coefficient (Wildman–Crippen LogP) is 4.79. The van der Waals surface area contributed by atoms with Crippen molar-refractivity contribution in [3.05, 3.63) is 33.8 Å². The molecule has 112 valence electrons. The highest BCUT2D eigenvalue weighted by Gasteiger charge is 2.20. The van der Waals surface area contributed by atoms with E-state index in [1.165, 1.54) is 0 Å². The van der Waals surface area contributed by atoms with Crippen LogP contribution in [0.3, 0.4) is 0 Å². The molecule has 0 spiro atoms. The van der Waals surface area contributed by atoms with Gasteiger partial charge in [-0.05, 0) is 30.5 Å². The summed E-state index contributed by atoms with van der Waals surface area (Å²) in [4.78, 5) is 14.3. The Morgan fingerprint density at radius 2 is 1.85 bits per heavy atom. The van der Waals surface area contributed by atoms with Gasteiger partial charge in [0.1, 0.15) is 0 Å². The van der Waals surface area contributed by atoms with Crippen molar-refractivity contribution in [1.29, 1.82) is 0 Å². The van der Waals surface area contributed by atoms with Gasteiger partial charge in [0.15, 0.2) is 0 Å². The number of carbonyl (C=O) groups is 1. The van der Waals surface area contributed by atoms with Gasteiger partial charge in [-0.1, -0.05) is 43.1 Å². The molecule has 0 saturated carbocycles. The molecule has 1 aromatic rings. The molecule has 0 atom stereocenters. The third-order valence-electron chi connectivity index (χ3n) is 3.37. The van der Waals surface area contributed by atoms with Crippen molar-refractivity contribution in [2.45, 2.75) is 39.2 Å². The summed E-state index contributed by atoms with van der Waals surface area (Å²) >= 11 is 17.7. The number of hydrogen-bond donors (Lipinski definition) is 0. The van der Waals surface area contributed by atoms with Gasteiger partial charge in [-0.2, -0.15) is 0 Å². The number of alkyl halides is 1. The van der Waals surface area contributed by atoms with Crippen molar-refractivity contribution in [3.8, 4) is 0 Å². The van der Waals surface area contributed by atoms with Gasteiger partial charge in [0.25, 0.3) is 0 Å². The molecular weight excluding hydrogens is 317 g/mol. The van der Waals surface area contributed by atoms with Gasteiger partial charge in [-0.25, -0.2) is 0 Å². The lowest BCUT2D eigenvalue weighted by molar-refractivity contribution is -0.132. The van der Waals surface area contributed by atoms with Gasteiger partial charge in [0, 0.05) is 18.5 Å². The van der Waals surface area contributed by atoms with E-state index < -0.39 is 0 Å². The van der Waals surface area contributed by atoms with Crippen LogP contribution in [0.15, 0.2) is 18.2 Å². The minimum atomic E-state index is 0.0812. The summed E-state index contributed by atoms with van der Waals surface area (Å²) in [5.41, 5.74) is 0.870. The second kappa shape index (κ2) is 8.76. The summed E-state index contributed by atoms with van der Waals surface area (Å²) in [5, 5.41) is 0.976. The van der Waals surface area contributed by atoms with Gasteiger partial charge >= 0.3 is 0 Å². The first-order chi connectivity index (χ1) is 9.53. The number of hydrogen-bond acceptors (Lipinski definition) is 1. The maximum Gasteiger partial charge on any atom is 0.227 e. The number of amides is 1. The first kappa shape index (κ1) is 17.6. The molecule has 0 bridgehead atoms. The van der Waals surface area contributed by atoms with E-state index in [9.17, 15) is 4.79 Å². The zero-order valence-electron chi connectivity index (χ0n) is 11.8. The van der Waals surface area contributed by atoms with Gasteiger partial charge in [0.05, 0.1) is 16.5 Å². The fourth-order valence-electron chi connectivity index (χ4n) is 2.26. The number of carbonyl (C=O) groups excluding carboxylic acids is 1. The first-order valence-corrected chi connectivity index (χ1v) is 8.11. The zero-order chi connectivity index (χ0) is 15.1. The molecule has 0 N–H and O–H groups in total. The van der Waals surface area contributed by atoms with Crippen LogP contribution in [0.4, 0.5) is 0 Å². The Labute approximate surface area is 136 Å². The van der Waals surface area contributed by atoms with Crippen molar-refractivity contribution >= 4 is 40.7 Å². The molecule has 5 heteroatoms. The lowest BCUT2D eigenvalue weighted by atomic mass is 10.1. The van der Waals surface area contributed by atoms with E-state index in [4.69, 9.17) is 34.8 Å². The smallest absolute Gasteiger partial charge is 0.227 e. The lowest BCUT2D eigenvalue weighted by Gasteiger charge is -2.30. The van der Waals surface area contributed by atoms with Gasteiger partial charge < -0.3 is 4.90 Å². The minimum absolute atomic E-state index is 0.0812. The number of nitrogens with zero attached hydrogens (tertiary/aromatic N) is 1. The highest BCUT2D eigenvalue weighted by atomic mass is 35.5. The molecule has 0 aliphatic carbocycles. The molecule has 1 amide bonds. The summed E-state index contributed by atoms with van der Waals surface area (Å²) in [7, 11) is 0. The van der Waals surface area contributed by atoms with Crippen LogP contribution in [0.5, 0.6) is 0 Å². The van der Waals surface area contributed by atoms with E-state index in [2.05, 4.69) is 13.8 Å². The van der Waals surface area contributed by atoms with E-state index in [-0.39, 0.29) is 11.9 Å². The molecule has 0 aliphatic heterocycles. The fourth-order valence-corrected chi connectivity index (χ4v) is 2.76. The molecule has 0 unspecified atom stereocenters. The fraction of sp³-hybridized carbons (Fsp3) is 0.533. The van der Waals surface area contributed by atoms with E-state index in [1.807, 2.05) is 11.0 Å². The van der Waals surface area contributed by atoms with E-state index in [1.54, 1.807) is 12.1 Å². The van der Waals surface area contributed by atoms with Crippen LogP contribution in [0.1, 0.15) is 32.3 Å². The molecule has 0 fully saturated rings. The third kappa shape index (κ3) is 4.83. The molecule has 1 aromatic carbocycles. The van der Waals surface area contributed by atoms with Crippen molar-refractivity contribution in [3.63, 3.8) is 0 Å². The minimum Gasteiger partial charge on any atom is -0.338 e. The van der Waals surface area contributed by atoms with Crippen LogP contribution in [0.25, 0.3) is 0 Å². The quantitative estimate of drug-likeness (QED) is 0.655. The van der Waals surface area contributed by atoms with Crippen LogP contribution in [-0.4, -0.2) is 29.3 Å². The molecular formula is C15H20Cl3NO. The van der Waals surface area contributed by atoms with E-state index >= 15 is 0 Å². The number of halogens is 3. The van der Waals surface area contributed by atoms with E-state index in [0.717, 1.165) is 18.4 Å². The molecule has 0 radical (unpaired) electrons. The molecule has 0 heterocycles. The van der Waals surface area contributed by atoms with E-state index in [0.29, 0.717) is 28.9 Å². The second-order valence-electron chi connectivity index (χ2n) is 4.67. The standard InChI is InChI=1S/C15H20Cl3NO/c1-3-12(4-2)19(8-7-16)15(20)10-11-5-6-13(17)14(18)9-11/h5-6,9,12H,3-4,7-8,10H2,1-2H3. The van der Waals surface area contributed by atoms with Crippen LogP contribution in [0.2, 0.25) is 10.0 Å². The monoisotopic (exact) mass is 335 g/mol. The topological polar surface area (TPSA) is 20.3 Å². The highest BCUT2D eigenvalue weighted by Crippen LogP contribution is 2.23. The van der Waals surface area contributed by atoms with Crippen LogP contribution >= 0.6 is 34.8 Å². The largest absolute Gasteiger partial charge is 0.338 e. The van der Waals surface area contributed by atoms with Crippen molar-refractivity contribution in [1.82, 2.24) is 4.90 Å². The SMILES string of the molecule is CCC(CC)N(CCCl)C(=O)Cc1ccc(Cl)c(Cl)c1. The summed E-state index contributed by atoms with van der Waals surface area (Å²) in [5.74, 6) is 0.529. The predicted molar refractivity (Wildman–Crippen MR) is 87.0 cm³/mol. The molecule has 2 nitrogen and oxygen atoms in total. The number of benzene rings is 1. The molecule has 0 saturated heterocycles. The zero-order valence-corrected chi connectivity index (χ0v) is 14.1. The van der Waals surface area contributed by atoms with Crippen molar-refractivity contribution < 1.29 is 4.79 Å². The Bertz CT molecular complexity index is 447. The molecule has 20 heavy (non-hydrogen) atoms. The van der Waals surface area contributed by atoms with Crippen LogP contribution < -0.4 is 0 Å². The second-order valence-corrected chi connectivity index (χ2v) is 5.86.